The van der Waals surface area contributed by atoms with Crippen molar-refractivity contribution in [2.75, 3.05) is 6.61 Å². The van der Waals surface area contributed by atoms with Crippen LogP contribution in [0.5, 0.6) is 11.5 Å². The van der Waals surface area contributed by atoms with Crippen molar-refractivity contribution in [1.82, 2.24) is 9.66 Å². The topological polar surface area (TPSA) is 78.9 Å². The van der Waals surface area contributed by atoms with E-state index in [4.69, 9.17) is 30.5 Å². The van der Waals surface area contributed by atoms with E-state index in [9.17, 15) is 4.79 Å². The molecule has 0 saturated heterocycles. The molecule has 0 radical (unpaired) electrons. The number of fused-ring (bicyclic) bond motifs is 2. The molecule has 2 heterocycles. The highest BCUT2D eigenvalue weighted by Crippen LogP contribution is 2.37. The van der Waals surface area contributed by atoms with E-state index >= 15 is 0 Å². The van der Waals surface area contributed by atoms with Crippen LogP contribution in [0.4, 0.5) is 0 Å². The summed E-state index contributed by atoms with van der Waals surface area (Å²) in [6, 6.07) is 18.0. The zero-order valence-electron chi connectivity index (χ0n) is 21.1. The molecule has 0 aliphatic carbocycles. The molecule has 0 bridgehead atoms. The summed E-state index contributed by atoms with van der Waals surface area (Å²) in [6.45, 7) is 6.45. The van der Waals surface area contributed by atoms with Crippen LogP contribution in [0.15, 0.2) is 79.4 Å². The number of rotatable bonds is 8. The molecule has 0 spiro atoms. The first-order valence-electron chi connectivity index (χ1n) is 12.3. The average molecular weight is 595 g/mol. The fourth-order valence-corrected chi connectivity index (χ4v) is 4.70. The molecule has 3 aromatic carbocycles. The van der Waals surface area contributed by atoms with E-state index in [1.165, 1.54) is 4.68 Å². The number of hydrogen-bond acceptors (Lipinski definition) is 6. The van der Waals surface area contributed by atoms with Crippen LogP contribution in [0.3, 0.4) is 0 Å². The first kappa shape index (κ1) is 26.0. The van der Waals surface area contributed by atoms with Crippen molar-refractivity contribution in [1.29, 1.82) is 0 Å². The molecule has 7 nitrogen and oxygen atoms in total. The highest BCUT2D eigenvalue weighted by Gasteiger charge is 2.18. The Kier molecular flexibility index (Phi) is 7.53. The lowest BCUT2D eigenvalue weighted by Crippen LogP contribution is -2.20. The third-order valence-corrected chi connectivity index (χ3v) is 6.82. The number of hydrogen-bond donors (Lipinski definition) is 0. The van der Waals surface area contributed by atoms with Crippen LogP contribution in [0.2, 0.25) is 5.02 Å². The van der Waals surface area contributed by atoms with E-state index in [1.807, 2.05) is 32.0 Å². The van der Waals surface area contributed by atoms with Crippen molar-refractivity contribution < 1.29 is 13.9 Å². The van der Waals surface area contributed by atoms with Gasteiger partial charge in [0, 0.05) is 10.4 Å². The van der Waals surface area contributed by atoms with Crippen molar-refractivity contribution in [3.8, 4) is 23.1 Å². The van der Waals surface area contributed by atoms with Gasteiger partial charge < -0.3 is 13.9 Å². The van der Waals surface area contributed by atoms with Gasteiger partial charge in [0.25, 0.3) is 5.56 Å². The summed E-state index contributed by atoms with van der Waals surface area (Å²) in [4.78, 5) is 18.3. The second-order valence-corrected chi connectivity index (χ2v) is 10.00. The Labute approximate surface area is 232 Å². The molecule has 5 aromatic rings. The third-order valence-electron chi connectivity index (χ3n) is 6.00. The second-order valence-electron chi connectivity index (χ2n) is 8.71. The van der Waals surface area contributed by atoms with Crippen molar-refractivity contribution in [3.63, 3.8) is 0 Å². The lowest BCUT2D eigenvalue weighted by Gasteiger charge is -2.18. The summed E-state index contributed by atoms with van der Waals surface area (Å²) in [7, 11) is 0. The molecule has 5 rings (SSSR count). The third kappa shape index (κ3) is 5.19. The Morgan fingerprint density at radius 1 is 1.16 bits per heavy atom. The summed E-state index contributed by atoms with van der Waals surface area (Å²) in [5, 5.41) is 6.38. The Bertz CT molecular complexity index is 1730. The summed E-state index contributed by atoms with van der Waals surface area (Å²) < 4.78 is 19.9. The minimum atomic E-state index is -0.318. The molecule has 38 heavy (non-hydrogen) atoms. The molecule has 194 valence electrons. The van der Waals surface area contributed by atoms with Gasteiger partial charge in [-0.1, -0.05) is 30.7 Å². The van der Waals surface area contributed by atoms with E-state index in [1.54, 1.807) is 48.7 Å². The number of para-hydroxylation sites is 1. The van der Waals surface area contributed by atoms with Gasteiger partial charge in [-0.05, 0) is 90.3 Å². The monoisotopic (exact) mass is 593 g/mol. The molecule has 0 saturated carbocycles. The highest BCUT2D eigenvalue weighted by atomic mass is 79.9. The van der Waals surface area contributed by atoms with Crippen LogP contribution in [-0.2, 0) is 0 Å². The lowest BCUT2D eigenvalue weighted by atomic mass is 10.2. The van der Waals surface area contributed by atoms with Gasteiger partial charge in [-0.2, -0.15) is 9.78 Å². The van der Waals surface area contributed by atoms with Gasteiger partial charge in [-0.15, -0.1) is 0 Å². The lowest BCUT2D eigenvalue weighted by molar-refractivity contribution is 0.202. The molecule has 9 heteroatoms. The number of aromatic nitrogens is 2. The van der Waals surface area contributed by atoms with Crippen LogP contribution in [0.25, 0.3) is 33.5 Å². The standard InChI is InChI=1S/C29H25BrClN3O4/c1-4-17(3)37-27-22(30)12-18(13-25(27)36-5-2)16-32-34-28(33-23-9-7-6-8-21(23)29(34)35)26-15-19-14-20(31)10-11-24(19)38-26/h6-17H,4-5H2,1-3H3/t17-/m0/s1. The Balaban J connectivity index is 1.64. The number of ether oxygens (including phenoxy) is 2. The summed E-state index contributed by atoms with van der Waals surface area (Å²) in [5.41, 5.74) is 1.57. The van der Waals surface area contributed by atoms with Crippen LogP contribution < -0.4 is 15.0 Å². The number of furan rings is 1. The van der Waals surface area contributed by atoms with Gasteiger partial charge in [0.05, 0.1) is 34.3 Å². The average Bonchev–Trinajstić information content (AvgIpc) is 3.33. The van der Waals surface area contributed by atoms with Gasteiger partial charge in [0.2, 0.25) is 5.82 Å². The van der Waals surface area contributed by atoms with Crippen molar-refractivity contribution in [2.45, 2.75) is 33.3 Å². The Morgan fingerprint density at radius 3 is 2.76 bits per heavy atom. The second kappa shape index (κ2) is 11.0. The number of benzene rings is 3. The van der Waals surface area contributed by atoms with Gasteiger partial charge >= 0.3 is 0 Å². The molecular weight excluding hydrogens is 570 g/mol. The maximum absolute atomic E-state index is 13.6. The SMILES string of the molecule is CCOc1cc(C=Nn2c(-c3cc4cc(Cl)ccc4o3)nc3ccccc3c2=O)cc(Br)c1O[C@@H](C)CC. The van der Waals surface area contributed by atoms with E-state index < -0.39 is 0 Å². The van der Waals surface area contributed by atoms with Crippen LogP contribution in [0.1, 0.15) is 32.8 Å². The predicted molar refractivity (Wildman–Crippen MR) is 155 cm³/mol. The van der Waals surface area contributed by atoms with Crippen molar-refractivity contribution in [3.05, 3.63) is 86.1 Å². The van der Waals surface area contributed by atoms with E-state index in [0.717, 1.165) is 16.3 Å². The molecule has 1 atom stereocenters. The maximum Gasteiger partial charge on any atom is 0.282 e. The smallest absolute Gasteiger partial charge is 0.282 e. The van der Waals surface area contributed by atoms with E-state index in [-0.39, 0.29) is 17.5 Å². The minimum Gasteiger partial charge on any atom is -0.490 e. The normalized spacial score (nSPS) is 12.4. The Morgan fingerprint density at radius 2 is 1.97 bits per heavy atom. The van der Waals surface area contributed by atoms with Crippen LogP contribution in [-0.4, -0.2) is 28.6 Å². The van der Waals surface area contributed by atoms with Crippen molar-refractivity contribution >= 4 is 55.6 Å². The molecule has 0 aliphatic rings. The van der Waals surface area contributed by atoms with Gasteiger partial charge in [0.15, 0.2) is 17.3 Å². The molecule has 0 aliphatic heterocycles. The van der Waals surface area contributed by atoms with E-state index in [2.05, 4.69) is 28.0 Å². The summed E-state index contributed by atoms with van der Waals surface area (Å²) in [5.74, 6) is 1.89. The maximum atomic E-state index is 13.6. The van der Waals surface area contributed by atoms with Crippen LogP contribution >= 0.6 is 27.5 Å². The molecule has 2 aromatic heterocycles. The fourth-order valence-electron chi connectivity index (χ4n) is 3.96. The van der Waals surface area contributed by atoms with Crippen LogP contribution in [0, 0.1) is 0 Å². The largest absolute Gasteiger partial charge is 0.490 e. The molecular formula is C29H25BrClN3O4. The molecule has 0 amide bonds. The number of halogens is 2. The van der Waals surface area contributed by atoms with Gasteiger partial charge in [0.1, 0.15) is 5.58 Å². The zero-order chi connectivity index (χ0) is 26.8. The first-order chi connectivity index (χ1) is 18.4. The highest BCUT2D eigenvalue weighted by molar-refractivity contribution is 9.10. The van der Waals surface area contributed by atoms with E-state index in [0.29, 0.717) is 50.9 Å². The summed E-state index contributed by atoms with van der Waals surface area (Å²) in [6.07, 6.45) is 2.46. The quantitative estimate of drug-likeness (QED) is 0.172. The van der Waals surface area contributed by atoms with Crippen molar-refractivity contribution in [2.24, 2.45) is 5.10 Å². The number of nitrogens with zero attached hydrogens (tertiary/aromatic N) is 3. The Hall–Kier alpha value is -3.62. The molecule has 0 N–H and O–H groups in total. The predicted octanol–water partition coefficient (Wildman–Crippen LogP) is 7.68. The van der Waals surface area contributed by atoms with Gasteiger partial charge in [-0.3, -0.25) is 4.79 Å². The minimum absolute atomic E-state index is 0.0218. The van der Waals surface area contributed by atoms with Gasteiger partial charge in [-0.25, -0.2) is 4.98 Å². The molecule has 0 unspecified atom stereocenters. The molecule has 0 fully saturated rings. The first-order valence-corrected chi connectivity index (χ1v) is 13.4. The summed E-state index contributed by atoms with van der Waals surface area (Å²) >= 11 is 9.76. The fraction of sp³-hybridized carbons (Fsp3) is 0.207. The zero-order valence-corrected chi connectivity index (χ0v) is 23.4.